The number of nitrogens with one attached hydrogen (secondary N) is 3. The summed E-state index contributed by atoms with van der Waals surface area (Å²) in [5, 5.41) is 8.57. The molecule has 1 fully saturated rings. The van der Waals surface area contributed by atoms with Gasteiger partial charge in [0, 0.05) is 31.8 Å². The van der Waals surface area contributed by atoms with Gasteiger partial charge in [-0.05, 0) is 48.5 Å². The molecule has 1 heterocycles. The van der Waals surface area contributed by atoms with Crippen molar-refractivity contribution < 1.29 is 19.2 Å². The number of carbonyl (C=O) groups excluding carboxylic acids is 4. The highest BCUT2D eigenvalue weighted by atomic mass is 32.2. The van der Waals surface area contributed by atoms with Gasteiger partial charge in [0.25, 0.3) is 0 Å². The second kappa shape index (κ2) is 19.5. The van der Waals surface area contributed by atoms with Crippen LogP contribution >= 0.6 is 11.8 Å². The molecule has 0 spiro atoms. The Bertz CT molecular complexity index is 1320. The summed E-state index contributed by atoms with van der Waals surface area (Å²) in [5.74, 6) is 0.0105. The lowest BCUT2D eigenvalue weighted by Crippen LogP contribution is -2.59. The maximum absolute atomic E-state index is 13.8. The Balaban J connectivity index is 1.78. The van der Waals surface area contributed by atoms with Crippen molar-refractivity contribution in [3.8, 4) is 0 Å². The Hall–Kier alpha value is -4.10. The van der Waals surface area contributed by atoms with Crippen LogP contribution in [-0.4, -0.2) is 89.8 Å². The molecular weight excluding hydrogens is 616 g/mol. The van der Waals surface area contributed by atoms with Crippen LogP contribution in [0.1, 0.15) is 44.2 Å². The van der Waals surface area contributed by atoms with Gasteiger partial charge in [-0.3, -0.25) is 24.2 Å². The quantitative estimate of drug-likeness (QED) is 0.112. The summed E-state index contributed by atoms with van der Waals surface area (Å²) in [6.07, 6.45) is 1.86. The lowest BCUT2D eigenvalue weighted by Gasteiger charge is -2.29. The number of nitrogens with zero attached hydrogens (tertiary/aromatic N) is 2. The van der Waals surface area contributed by atoms with Gasteiger partial charge in [-0.1, -0.05) is 74.5 Å². The van der Waals surface area contributed by atoms with E-state index in [9.17, 15) is 19.2 Å². The van der Waals surface area contributed by atoms with E-state index in [1.807, 2.05) is 74.5 Å². The average Bonchev–Trinajstić information content (AvgIpc) is 3.33. The Morgan fingerprint density at radius 3 is 1.98 bits per heavy atom. The van der Waals surface area contributed by atoms with Crippen LogP contribution in [0.15, 0.2) is 65.7 Å². The number of guanidine groups is 1. The van der Waals surface area contributed by atoms with Gasteiger partial charge in [-0.2, -0.15) is 11.8 Å². The first-order chi connectivity index (χ1) is 22.5. The molecule has 47 heavy (non-hydrogen) atoms. The number of carbonyl (C=O) groups is 4. The molecule has 4 amide bonds. The highest BCUT2D eigenvalue weighted by Crippen LogP contribution is 2.14. The van der Waals surface area contributed by atoms with Crippen LogP contribution in [0.2, 0.25) is 0 Å². The molecule has 3 rings (SSSR count). The zero-order valence-corrected chi connectivity index (χ0v) is 28.2. The van der Waals surface area contributed by atoms with Crippen molar-refractivity contribution in [2.75, 3.05) is 31.1 Å². The minimum Gasteiger partial charge on any atom is -0.370 e. The monoisotopic (exact) mass is 666 g/mol. The smallest absolute Gasteiger partial charge is 0.245 e. The SMILES string of the molecule is CC(C)C[C@@H](NC(=O)[C@@H](Cc1ccccc1)NC(=O)[C@H](N)Cc1ccccc1)C(=O)N[C@H](CCN=C(N)N)C(=O)N1CCCSCC1. The first-order valence-corrected chi connectivity index (χ1v) is 17.4. The van der Waals surface area contributed by atoms with Gasteiger partial charge in [0.05, 0.1) is 6.04 Å². The lowest BCUT2D eigenvalue weighted by molar-refractivity contribution is -0.137. The number of hydrogen-bond donors (Lipinski definition) is 6. The van der Waals surface area contributed by atoms with Gasteiger partial charge >= 0.3 is 0 Å². The number of aliphatic imine (C=N–C) groups is 1. The number of amides is 4. The number of thioether (sulfide) groups is 1. The van der Waals surface area contributed by atoms with Crippen LogP contribution in [0.5, 0.6) is 0 Å². The van der Waals surface area contributed by atoms with Crippen molar-refractivity contribution in [2.45, 2.75) is 70.1 Å². The Morgan fingerprint density at radius 1 is 0.787 bits per heavy atom. The molecule has 9 N–H and O–H groups in total. The van der Waals surface area contributed by atoms with E-state index in [0.717, 1.165) is 29.1 Å². The van der Waals surface area contributed by atoms with Gasteiger partial charge in [0.1, 0.15) is 18.1 Å². The molecule has 1 aliphatic rings. The molecule has 1 aliphatic heterocycles. The molecule has 4 atom stereocenters. The molecule has 0 radical (unpaired) electrons. The third-order valence-electron chi connectivity index (χ3n) is 7.75. The highest BCUT2D eigenvalue weighted by molar-refractivity contribution is 7.99. The van der Waals surface area contributed by atoms with E-state index in [0.29, 0.717) is 25.9 Å². The molecule has 0 aromatic heterocycles. The van der Waals surface area contributed by atoms with Crippen LogP contribution in [0.4, 0.5) is 0 Å². The van der Waals surface area contributed by atoms with Gasteiger partial charge in [0.2, 0.25) is 23.6 Å². The van der Waals surface area contributed by atoms with E-state index >= 15 is 0 Å². The van der Waals surface area contributed by atoms with Crippen LogP contribution in [0.25, 0.3) is 0 Å². The summed E-state index contributed by atoms with van der Waals surface area (Å²) in [6.45, 7) is 5.21. The Morgan fingerprint density at radius 2 is 1.36 bits per heavy atom. The van der Waals surface area contributed by atoms with E-state index in [2.05, 4.69) is 20.9 Å². The maximum atomic E-state index is 13.8. The molecule has 13 heteroatoms. The molecule has 2 aromatic rings. The van der Waals surface area contributed by atoms with Crippen LogP contribution in [0.3, 0.4) is 0 Å². The Labute approximate surface area is 282 Å². The molecule has 256 valence electrons. The van der Waals surface area contributed by atoms with Gasteiger partial charge in [-0.15, -0.1) is 0 Å². The molecule has 0 saturated carbocycles. The summed E-state index contributed by atoms with van der Waals surface area (Å²) >= 11 is 1.79. The number of hydrogen-bond acceptors (Lipinski definition) is 7. The second-order valence-electron chi connectivity index (χ2n) is 12.2. The number of benzene rings is 2. The summed E-state index contributed by atoms with van der Waals surface area (Å²) < 4.78 is 0. The molecule has 1 saturated heterocycles. The van der Waals surface area contributed by atoms with Crippen molar-refractivity contribution in [3.05, 3.63) is 71.8 Å². The molecular formula is C34H50N8O4S. The van der Waals surface area contributed by atoms with E-state index in [1.54, 1.807) is 16.7 Å². The Kier molecular flexibility index (Phi) is 15.5. The summed E-state index contributed by atoms with van der Waals surface area (Å²) in [4.78, 5) is 60.2. The minimum absolute atomic E-state index is 0.0333. The summed E-state index contributed by atoms with van der Waals surface area (Å²) in [6, 6.07) is 15.0. The summed E-state index contributed by atoms with van der Waals surface area (Å²) in [5.41, 5.74) is 19.0. The van der Waals surface area contributed by atoms with Crippen LogP contribution in [-0.2, 0) is 32.0 Å². The van der Waals surface area contributed by atoms with E-state index in [1.165, 1.54) is 0 Å². The fourth-order valence-electron chi connectivity index (χ4n) is 5.31. The predicted octanol–water partition coefficient (Wildman–Crippen LogP) is 0.929. The zero-order valence-electron chi connectivity index (χ0n) is 27.4. The van der Waals surface area contributed by atoms with Crippen LogP contribution < -0.4 is 33.2 Å². The molecule has 0 unspecified atom stereocenters. The first kappa shape index (κ1) is 37.4. The highest BCUT2D eigenvalue weighted by Gasteiger charge is 2.32. The first-order valence-electron chi connectivity index (χ1n) is 16.2. The standard InChI is InChI=1S/C34H50N8O4S/c1-23(2)20-28(31(44)39-27(14-15-38-34(36)37)33(46)42-16-9-18-47-19-17-42)41-32(45)29(22-25-12-7-4-8-13-25)40-30(43)26(35)21-24-10-5-3-6-11-24/h3-8,10-13,23,26-29H,9,14-22,35H2,1-2H3,(H,39,44)(H,40,43)(H,41,45)(H4,36,37,38)/t26-,27-,28-,29-/m1/s1. The van der Waals surface area contributed by atoms with Crippen molar-refractivity contribution in [1.29, 1.82) is 0 Å². The predicted molar refractivity (Wildman–Crippen MR) is 187 cm³/mol. The van der Waals surface area contributed by atoms with Crippen molar-refractivity contribution >= 4 is 41.4 Å². The summed E-state index contributed by atoms with van der Waals surface area (Å²) in [7, 11) is 0. The number of nitrogens with two attached hydrogens (primary N) is 3. The minimum atomic E-state index is -0.997. The van der Waals surface area contributed by atoms with Crippen molar-refractivity contribution in [1.82, 2.24) is 20.9 Å². The van der Waals surface area contributed by atoms with Crippen molar-refractivity contribution in [2.24, 2.45) is 28.1 Å². The fraction of sp³-hybridized carbons (Fsp3) is 0.500. The van der Waals surface area contributed by atoms with Crippen molar-refractivity contribution in [3.63, 3.8) is 0 Å². The van der Waals surface area contributed by atoms with Gasteiger partial charge in [0.15, 0.2) is 5.96 Å². The molecule has 0 aliphatic carbocycles. The topological polar surface area (TPSA) is 198 Å². The lowest BCUT2D eigenvalue weighted by atomic mass is 10.00. The molecule has 0 bridgehead atoms. The van der Waals surface area contributed by atoms with E-state index in [4.69, 9.17) is 17.2 Å². The van der Waals surface area contributed by atoms with Crippen LogP contribution in [0, 0.1) is 5.92 Å². The van der Waals surface area contributed by atoms with E-state index < -0.39 is 41.9 Å². The molecule has 2 aromatic carbocycles. The second-order valence-corrected chi connectivity index (χ2v) is 13.4. The third kappa shape index (κ3) is 13.3. The zero-order chi connectivity index (χ0) is 34.2. The van der Waals surface area contributed by atoms with E-state index in [-0.39, 0.29) is 37.2 Å². The maximum Gasteiger partial charge on any atom is 0.245 e. The average molecular weight is 667 g/mol. The largest absolute Gasteiger partial charge is 0.370 e. The normalized spacial score (nSPS) is 15.8. The third-order valence-corrected chi connectivity index (χ3v) is 8.80. The van der Waals surface area contributed by atoms with Gasteiger partial charge in [-0.25, -0.2) is 0 Å². The molecule has 12 nitrogen and oxygen atoms in total. The fourth-order valence-corrected chi connectivity index (χ4v) is 6.20. The number of rotatable bonds is 16. The van der Waals surface area contributed by atoms with Gasteiger partial charge < -0.3 is 38.1 Å².